The van der Waals surface area contributed by atoms with Gasteiger partial charge in [-0.3, -0.25) is 10.0 Å². The second-order valence-corrected chi connectivity index (χ2v) is 5.33. The minimum atomic E-state index is -0.365. The number of benzene rings is 1. The molecule has 1 aromatic carbocycles. The molecule has 0 saturated heterocycles. The molecule has 0 fully saturated rings. The highest BCUT2D eigenvalue weighted by Gasteiger charge is 2.11. The maximum Gasteiger partial charge on any atom is 0.242 e. The van der Waals surface area contributed by atoms with Crippen molar-refractivity contribution in [2.45, 2.75) is 19.0 Å². The van der Waals surface area contributed by atoms with Crippen molar-refractivity contribution in [1.29, 1.82) is 0 Å². The number of amides is 1. The van der Waals surface area contributed by atoms with Crippen molar-refractivity contribution in [1.82, 2.24) is 5.06 Å². The largest absolute Gasteiger partial charge is 0.286 e. The molecule has 1 N–H and O–H groups in total. The van der Waals surface area contributed by atoms with Crippen LogP contribution in [0.25, 0.3) is 0 Å². The van der Waals surface area contributed by atoms with Gasteiger partial charge in [-0.2, -0.15) is 0 Å². The van der Waals surface area contributed by atoms with Crippen LogP contribution in [0.4, 0.5) is 0 Å². The lowest BCUT2D eigenvalue weighted by Gasteiger charge is -2.16. The summed E-state index contributed by atoms with van der Waals surface area (Å²) in [5.74, 6) is -0.365. The third-order valence-corrected chi connectivity index (χ3v) is 3.84. The first-order valence-corrected chi connectivity index (χ1v) is 6.51. The average Bonchev–Trinajstić information content (AvgIpc) is 2.28. The molecule has 3 nitrogen and oxygen atoms in total. The van der Waals surface area contributed by atoms with Crippen LogP contribution in [0.2, 0.25) is 10.0 Å². The van der Waals surface area contributed by atoms with E-state index < -0.39 is 0 Å². The summed E-state index contributed by atoms with van der Waals surface area (Å²) in [4.78, 5) is 10.8. The van der Waals surface area contributed by atoms with Crippen LogP contribution < -0.4 is 0 Å². The number of carbonyl (C=O) groups excluding carboxylic acids is 1. The minimum absolute atomic E-state index is 0.110. The van der Waals surface area contributed by atoms with Crippen molar-refractivity contribution in [2.75, 3.05) is 6.54 Å². The molecule has 17 heavy (non-hydrogen) atoms. The summed E-state index contributed by atoms with van der Waals surface area (Å²) >= 11 is 11.7. The maximum atomic E-state index is 10.8. The molecule has 0 aromatic heterocycles. The summed E-state index contributed by atoms with van der Waals surface area (Å²) < 4.78 is 0. The third kappa shape index (κ3) is 4.44. The van der Waals surface area contributed by atoms with Crippen LogP contribution in [0.15, 0.2) is 18.2 Å². The molecule has 2 unspecified atom stereocenters. The van der Waals surface area contributed by atoms with Crippen molar-refractivity contribution >= 4 is 38.3 Å². The van der Waals surface area contributed by atoms with E-state index in [4.69, 9.17) is 23.2 Å². The van der Waals surface area contributed by atoms with Crippen LogP contribution >= 0.6 is 32.4 Å². The van der Waals surface area contributed by atoms with Gasteiger partial charge in [0.25, 0.3) is 0 Å². The molecule has 0 bridgehead atoms. The van der Waals surface area contributed by atoms with Gasteiger partial charge in [0, 0.05) is 19.1 Å². The molecular weight excluding hydrogens is 280 g/mol. The van der Waals surface area contributed by atoms with Crippen molar-refractivity contribution in [3.63, 3.8) is 0 Å². The molecule has 0 spiro atoms. The lowest BCUT2D eigenvalue weighted by atomic mass is 10.1. The van der Waals surface area contributed by atoms with E-state index in [-0.39, 0.29) is 18.1 Å². The topological polar surface area (TPSA) is 40.5 Å². The molecule has 1 aromatic rings. The lowest BCUT2D eigenvalue weighted by molar-refractivity contribution is -0.162. The predicted molar refractivity (Wildman–Crippen MR) is 72.7 cm³/mol. The van der Waals surface area contributed by atoms with Gasteiger partial charge in [0.15, 0.2) is 0 Å². The average molecular weight is 294 g/mol. The van der Waals surface area contributed by atoms with E-state index in [0.717, 1.165) is 5.56 Å². The molecule has 0 aliphatic rings. The number of hydroxylamine groups is 2. The Kier molecular flexibility index (Phi) is 5.68. The van der Waals surface area contributed by atoms with E-state index >= 15 is 0 Å². The van der Waals surface area contributed by atoms with Crippen LogP contribution in [0, 0.1) is 0 Å². The first-order chi connectivity index (χ1) is 7.91. The van der Waals surface area contributed by atoms with E-state index in [1.807, 2.05) is 6.07 Å². The number of nitrogens with zero attached hydrogens (tertiary/aromatic N) is 1. The van der Waals surface area contributed by atoms with Crippen molar-refractivity contribution in [3.8, 4) is 0 Å². The summed E-state index contributed by atoms with van der Waals surface area (Å²) in [6.45, 7) is 1.60. The molecule has 0 radical (unpaired) electrons. The summed E-state index contributed by atoms with van der Waals surface area (Å²) in [6.07, 6.45) is 0.624. The Hall–Kier alpha value is -0.340. The Morgan fingerprint density at radius 3 is 2.65 bits per heavy atom. The number of halogens is 2. The molecule has 2 atom stereocenters. The number of hydrogen-bond donors (Lipinski definition) is 1. The fourth-order valence-electron chi connectivity index (χ4n) is 1.33. The zero-order valence-electron chi connectivity index (χ0n) is 9.36. The Bertz CT molecular complexity index is 414. The normalized spacial score (nSPS) is 12.3. The standard InChI is InChI=1S/C11H14Cl2NO2P/c1-7(15)14(16)5-4-11(17)8-2-3-9(12)10(13)6-8/h2-3,6,11,16H,4-5,17H2,1H3. The smallest absolute Gasteiger partial charge is 0.242 e. The van der Waals surface area contributed by atoms with Crippen LogP contribution in [0.5, 0.6) is 0 Å². The van der Waals surface area contributed by atoms with Crippen molar-refractivity contribution in [2.24, 2.45) is 0 Å². The van der Waals surface area contributed by atoms with E-state index in [1.165, 1.54) is 6.92 Å². The molecule has 94 valence electrons. The SMILES string of the molecule is CC(=O)N(O)CCC(P)c1ccc(Cl)c(Cl)c1. The van der Waals surface area contributed by atoms with Gasteiger partial charge in [-0.1, -0.05) is 29.3 Å². The Balaban J connectivity index is 2.60. The monoisotopic (exact) mass is 293 g/mol. The van der Waals surface area contributed by atoms with Gasteiger partial charge in [0.05, 0.1) is 10.0 Å². The second kappa shape index (κ2) is 6.55. The first-order valence-electron chi connectivity index (χ1n) is 5.09. The van der Waals surface area contributed by atoms with E-state index in [0.29, 0.717) is 21.5 Å². The summed E-state index contributed by atoms with van der Waals surface area (Å²) in [6, 6.07) is 5.40. The van der Waals surface area contributed by atoms with Gasteiger partial charge in [0.1, 0.15) is 0 Å². The highest BCUT2D eigenvalue weighted by Crippen LogP contribution is 2.31. The van der Waals surface area contributed by atoms with Crippen LogP contribution in [-0.4, -0.2) is 22.7 Å². The van der Waals surface area contributed by atoms with E-state index in [1.54, 1.807) is 12.1 Å². The zero-order chi connectivity index (χ0) is 13.0. The highest BCUT2D eigenvalue weighted by molar-refractivity contribution is 7.17. The Morgan fingerprint density at radius 2 is 2.12 bits per heavy atom. The van der Waals surface area contributed by atoms with Crippen LogP contribution in [0.1, 0.15) is 24.6 Å². The van der Waals surface area contributed by atoms with Gasteiger partial charge in [0.2, 0.25) is 5.91 Å². The minimum Gasteiger partial charge on any atom is -0.286 e. The quantitative estimate of drug-likeness (QED) is 0.524. The first kappa shape index (κ1) is 14.7. The molecule has 0 saturated carbocycles. The molecule has 6 heteroatoms. The van der Waals surface area contributed by atoms with Gasteiger partial charge >= 0.3 is 0 Å². The van der Waals surface area contributed by atoms with E-state index in [9.17, 15) is 10.0 Å². The summed E-state index contributed by atoms with van der Waals surface area (Å²) in [5.41, 5.74) is 1.11. The summed E-state index contributed by atoms with van der Waals surface area (Å²) in [7, 11) is 2.66. The molecular formula is C11H14Cl2NO2P. The van der Waals surface area contributed by atoms with Gasteiger partial charge < -0.3 is 0 Å². The number of hydrogen-bond acceptors (Lipinski definition) is 2. The van der Waals surface area contributed by atoms with Crippen LogP contribution in [-0.2, 0) is 4.79 Å². The fourth-order valence-corrected chi connectivity index (χ4v) is 1.99. The Labute approximate surface area is 113 Å². The van der Waals surface area contributed by atoms with Crippen LogP contribution in [0.3, 0.4) is 0 Å². The number of rotatable bonds is 4. The third-order valence-electron chi connectivity index (χ3n) is 2.39. The fraction of sp³-hybridized carbons (Fsp3) is 0.364. The second-order valence-electron chi connectivity index (χ2n) is 3.71. The Morgan fingerprint density at radius 1 is 1.47 bits per heavy atom. The van der Waals surface area contributed by atoms with Crippen molar-refractivity contribution in [3.05, 3.63) is 33.8 Å². The number of carbonyl (C=O) groups is 1. The van der Waals surface area contributed by atoms with Crippen molar-refractivity contribution < 1.29 is 10.0 Å². The molecule has 1 rings (SSSR count). The predicted octanol–water partition coefficient (Wildman–Crippen LogP) is 3.54. The zero-order valence-corrected chi connectivity index (χ0v) is 12.0. The molecule has 0 aliphatic heterocycles. The highest BCUT2D eigenvalue weighted by atomic mass is 35.5. The molecule has 0 heterocycles. The molecule has 1 amide bonds. The maximum absolute atomic E-state index is 10.8. The van der Waals surface area contributed by atoms with Gasteiger partial charge in [-0.05, 0) is 24.1 Å². The van der Waals surface area contributed by atoms with Gasteiger partial charge in [-0.15, -0.1) is 9.24 Å². The lowest BCUT2D eigenvalue weighted by Crippen LogP contribution is -2.26. The van der Waals surface area contributed by atoms with E-state index in [2.05, 4.69) is 9.24 Å². The summed E-state index contributed by atoms with van der Waals surface area (Å²) in [5, 5.41) is 11.0. The van der Waals surface area contributed by atoms with Gasteiger partial charge in [-0.25, -0.2) is 5.06 Å². The molecule has 0 aliphatic carbocycles.